The first kappa shape index (κ1) is 11.5. The molecular formula is C11H21BrO. The van der Waals surface area contributed by atoms with E-state index in [2.05, 4.69) is 43.6 Å². The van der Waals surface area contributed by atoms with Crippen LogP contribution in [0.1, 0.15) is 47.0 Å². The average Bonchev–Trinajstić information content (AvgIpc) is 2.27. The van der Waals surface area contributed by atoms with E-state index in [9.17, 15) is 0 Å². The minimum absolute atomic E-state index is 0.122. The monoisotopic (exact) mass is 248 g/mol. The fourth-order valence-corrected chi connectivity index (χ4v) is 2.80. The third-order valence-corrected chi connectivity index (χ3v) is 3.24. The van der Waals surface area contributed by atoms with E-state index in [0.29, 0.717) is 11.5 Å². The summed E-state index contributed by atoms with van der Waals surface area (Å²) in [4.78, 5) is 0. The van der Waals surface area contributed by atoms with Crippen LogP contribution in [0, 0.1) is 5.41 Å². The quantitative estimate of drug-likeness (QED) is 0.677. The number of ether oxygens (including phenoxy) is 1. The number of hydrogen-bond acceptors (Lipinski definition) is 1. The molecule has 1 heterocycles. The molecule has 0 spiro atoms. The van der Waals surface area contributed by atoms with Crippen LogP contribution in [0.3, 0.4) is 0 Å². The lowest BCUT2D eigenvalue weighted by Gasteiger charge is -2.32. The first-order valence-corrected chi connectivity index (χ1v) is 6.21. The molecule has 0 saturated carbocycles. The molecule has 1 rings (SSSR count). The van der Waals surface area contributed by atoms with Gasteiger partial charge >= 0.3 is 0 Å². The molecule has 0 amide bonds. The Bertz CT molecular complexity index is 173. The summed E-state index contributed by atoms with van der Waals surface area (Å²) in [6, 6.07) is 0. The molecule has 0 aromatic carbocycles. The van der Waals surface area contributed by atoms with Crippen LogP contribution in [0.5, 0.6) is 0 Å². The summed E-state index contributed by atoms with van der Waals surface area (Å²) in [5.41, 5.74) is 0.493. The van der Waals surface area contributed by atoms with Crippen LogP contribution in [0.25, 0.3) is 0 Å². The van der Waals surface area contributed by atoms with Gasteiger partial charge in [-0.2, -0.15) is 0 Å². The van der Waals surface area contributed by atoms with Gasteiger partial charge in [0.2, 0.25) is 0 Å². The van der Waals surface area contributed by atoms with Gasteiger partial charge in [-0.15, -0.1) is 0 Å². The molecular weight excluding hydrogens is 228 g/mol. The molecule has 2 atom stereocenters. The molecule has 1 nitrogen and oxygen atoms in total. The van der Waals surface area contributed by atoms with Crippen molar-refractivity contribution in [2.45, 2.75) is 58.7 Å². The summed E-state index contributed by atoms with van der Waals surface area (Å²) in [6.07, 6.45) is 4.01. The van der Waals surface area contributed by atoms with E-state index < -0.39 is 0 Å². The highest BCUT2D eigenvalue weighted by atomic mass is 79.9. The molecule has 1 fully saturated rings. The van der Waals surface area contributed by atoms with Crippen LogP contribution in [-0.2, 0) is 4.74 Å². The highest BCUT2D eigenvalue weighted by Gasteiger charge is 2.38. The van der Waals surface area contributed by atoms with Gasteiger partial charge in [-0.1, -0.05) is 36.7 Å². The highest BCUT2D eigenvalue weighted by Crippen LogP contribution is 2.39. The average molecular weight is 249 g/mol. The van der Waals surface area contributed by atoms with Gasteiger partial charge in [0.05, 0.1) is 11.7 Å². The van der Waals surface area contributed by atoms with Crippen molar-refractivity contribution in [3.05, 3.63) is 0 Å². The third-order valence-electron chi connectivity index (χ3n) is 2.52. The van der Waals surface area contributed by atoms with Gasteiger partial charge in [0, 0.05) is 5.33 Å². The van der Waals surface area contributed by atoms with E-state index in [1.54, 1.807) is 0 Å². The zero-order chi connectivity index (χ0) is 10.1. The van der Waals surface area contributed by atoms with Gasteiger partial charge in [-0.3, -0.25) is 0 Å². The van der Waals surface area contributed by atoms with E-state index in [1.165, 1.54) is 12.8 Å². The van der Waals surface area contributed by atoms with Crippen molar-refractivity contribution in [3.8, 4) is 0 Å². The standard InChI is InChI=1S/C11H21BrO/c1-10(2,3)8-11(4)6-5-9(7-12)13-11/h9H,5-8H2,1-4H3. The van der Waals surface area contributed by atoms with Gasteiger partial charge in [0.1, 0.15) is 0 Å². The van der Waals surface area contributed by atoms with Crippen LogP contribution in [-0.4, -0.2) is 17.0 Å². The predicted molar refractivity (Wildman–Crippen MR) is 60.4 cm³/mol. The van der Waals surface area contributed by atoms with Crippen molar-refractivity contribution in [1.82, 2.24) is 0 Å². The molecule has 0 N–H and O–H groups in total. The van der Waals surface area contributed by atoms with Crippen molar-refractivity contribution in [2.24, 2.45) is 5.41 Å². The zero-order valence-electron chi connectivity index (χ0n) is 9.19. The Balaban J connectivity index is 2.50. The lowest BCUT2D eigenvalue weighted by atomic mass is 9.81. The molecule has 1 saturated heterocycles. The van der Waals surface area contributed by atoms with E-state index in [4.69, 9.17) is 4.74 Å². The zero-order valence-corrected chi connectivity index (χ0v) is 10.8. The largest absolute Gasteiger partial charge is 0.371 e. The molecule has 1 aliphatic heterocycles. The SMILES string of the molecule is CC(C)(C)CC1(C)CCC(CBr)O1. The van der Waals surface area contributed by atoms with Gasteiger partial charge in [-0.05, 0) is 31.6 Å². The van der Waals surface area contributed by atoms with Gasteiger partial charge < -0.3 is 4.74 Å². The minimum atomic E-state index is 0.122. The molecule has 0 radical (unpaired) electrons. The van der Waals surface area contributed by atoms with Crippen LogP contribution in [0.4, 0.5) is 0 Å². The number of hydrogen-bond donors (Lipinski definition) is 0. The number of rotatable bonds is 2. The van der Waals surface area contributed by atoms with E-state index >= 15 is 0 Å². The Kier molecular flexibility index (Phi) is 3.45. The van der Waals surface area contributed by atoms with Gasteiger partial charge in [0.15, 0.2) is 0 Å². The molecule has 2 heteroatoms. The predicted octanol–water partition coefficient (Wildman–Crippen LogP) is 3.76. The number of alkyl halides is 1. The molecule has 13 heavy (non-hydrogen) atoms. The summed E-state index contributed by atoms with van der Waals surface area (Å²) in [5, 5.41) is 0.979. The van der Waals surface area contributed by atoms with Crippen molar-refractivity contribution in [1.29, 1.82) is 0 Å². The Morgan fingerprint density at radius 1 is 1.46 bits per heavy atom. The molecule has 0 aliphatic carbocycles. The van der Waals surface area contributed by atoms with Crippen molar-refractivity contribution in [3.63, 3.8) is 0 Å². The van der Waals surface area contributed by atoms with Crippen molar-refractivity contribution < 1.29 is 4.74 Å². The summed E-state index contributed by atoms with van der Waals surface area (Å²) in [6.45, 7) is 9.09. The van der Waals surface area contributed by atoms with Crippen LogP contribution >= 0.6 is 15.9 Å². The molecule has 0 aromatic heterocycles. The second kappa shape index (κ2) is 3.90. The van der Waals surface area contributed by atoms with Crippen LogP contribution < -0.4 is 0 Å². The Morgan fingerprint density at radius 2 is 2.08 bits per heavy atom. The first-order valence-electron chi connectivity index (χ1n) is 5.08. The van der Waals surface area contributed by atoms with Gasteiger partial charge in [-0.25, -0.2) is 0 Å². The lowest BCUT2D eigenvalue weighted by Crippen LogP contribution is -2.30. The third kappa shape index (κ3) is 3.59. The van der Waals surface area contributed by atoms with E-state index in [0.717, 1.165) is 11.8 Å². The van der Waals surface area contributed by atoms with Crippen LogP contribution in [0.15, 0.2) is 0 Å². The summed E-state index contributed by atoms with van der Waals surface area (Å²) in [7, 11) is 0. The second-order valence-corrected chi connectivity index (χ2v) is 6.27. The number of halogens is 1. The van der Waals surface area contributed by atoms with E-state index in [1.807, 2.05) is 0 Å². The maximum atomic E-state index is 6.03. The van der Waals surface area contributed by atoms with Crippen LogP contribution in [0.2, 0.25) is 0 Å². The first-order chi connectivity index (χ1) is 5.85. The van der Waals surface area contributed by atoms with Crippen molar-refractivity contribution in [2.75, 3.05) is 5.33 Å². The maximum Gasteiger partial charge on any atom is 0.0680 e. The topological polar surface area (TPSA) is 9.23 Å². The van der Waals surface area contributed by atoms with E-state index in [-0.39, 0.29) is 5.60 Å². The Morgan fingerprint density at radius 3 is 2.46 bits per heavy atom. The maximum absolute atomic E-state index is 6.03. The summed E-state index contributed by atoms with van der Waals surface area (Å²) >= 11 is 3.48. The smallest absolute Gasteiger partial charge is 0.0680 e. The fraction of sp³-hybridized carbons (Fsp3) is 1.00. The normalized spacial score (nSPS) is 35.3. The molecule has 0 bridgehead atoms. The van der Waals surface area contributed by atoms with Crippen molar-refractivity contribution >= 4 is 15.9 Å². The molecule has 0 aromatic rings. The summed E-state index contributed by atoms with van der Waals surface area (Å²) in [5.74, 6) is 0. The lowest BCUT2D eigenvalue weighted by molar-refractivity contribution is -0.0426. The fourth-order valence-electron chi connectivity index (χ4n) is 2.35. The minimum Gasteiger partial charge on any atom is -0.371 e. The molecule has 2 unspecified atom stereocenters. The second-order valence-electron chi connectivity index (χ2n) is 5.62. The Hall–Kier alpha value is 0.440. The molecule has 1 aliphatic rings. The summed E-state index contributed by atoms with van der Waals surface area (Å²) < 4.78 is 6.03. The Labute approximate surface area is 90.4 Å². The highest BCUT2D eigenvalue weighted by molar-refractivity contribution is 9.09. The molecule has 78 valence electrons. The van der Waals surface area contributed by atoms with Gasteiger partial charge in [0.25, 0.3) is 0 Å².